The molecule has 2 unspecified atom stereocenters. The molecule has 2 rings (SSSR count). The molecule has 8 heteroatoms. The standard InChI is InChI=1S/C16H16Cl3NO3S/c1-9(2)16(19)14(18)13(10(3)12(17)15(16)21)20-24(22,23)11-7-5-4-6-8-11/h4-9,14H,1-3H3. The average Bonchev–Trinajstić information content (AvgIpc) is 2.55. The van der Waals surface area contributed by atoms with Crippen molar-refractivity contribution in [2.45, 2.75) is 35.9 Å². The normalized spacial score (nSPS) is 27.2. The summed E-state index contributed by atoms with van der Waals surface area (Å²) in [4.78, 5) is 10.9. The first-order valence-corrected chi connectivity index (χ1v) is 9.81. The van der Waals surface area contributed by atoms with Gasteiger partial charge in [-0.2, -0.15) is 12.8 Å². The highest BCUT2D eigenvalue weighted by Crippen LogP contribution is 2.43. The molecule has 1 aliphatic carbocycles. The number of carbonyl (C=O) groups is 1. The van der Waals surface area contributed by atoms with E-state index in [-0.39, 0.29) is 27.1 Å². The molecule has 1 aromatic rings. The molecule has 0 saturated carbocycles. The summed E-state index contributed by atoms with van der Waals surface area (Å²) in [6, 6.07) is 7.72. The Morgan fingerprint density at radius 1 is 1.21 bits per heavy atom. The summed E-state index contributed by atoms with van der Waals surface area (Å²) in [7, 11) is -4.00. The zero-order valence-corrected chi connectivity index (χ0v) is 16.3. The number of hydrogen-bond donors (Lipinski definition) is 0. The minimum atomic E-state index is -4.00. The van der Waals surface area contributed by atoms with Crippen molar-refractivity contribution in [1.29, 1.82) is 0 Å². The second kappa shape index (κ2) is 6.79. The van der Waals surface area contributed by atoms with Crippen molar-refractivity contribution in [3.8, 4) is 0 Å². The number of Topliss-reactive ketones (excluding diaryl/α,β-unsaturated/α-hetero) is 1. The number of hydrogen-bond acceptors (Lipinski definition) is 3. The van der Waals surface area contributed by atoms with Crippen LogP contribution in [0.1, 0.15) is 20.8 Å². The van der Waals surface area contributed by atoms with Gasteiger partial charge in [0.05, 0.1) is 15.6 Å². The topological polar surface area (TPSA) is 63.6 Å². The van der Waals surface area contributed by atoms with Gasteiger partial charge in [-0.25, -0.2) is 0 Å². The maximum atomic E-state index is 12.5. The fourth-order valence-electron chi connectivity index (χ4n) is 2.40. The summed E-state index contributed by atoms with van der Waals surface area (Å²) >= 11 is 18.9. The molecular formula is C16H16Cl3NO3S. The molecule has 0 heterocycles. The van der Waals surface area contributed by atoms with E-state index in [1.54, 1.807) is 32.0 Å². The Bertz CT molecular complexity index is 831. The van der Waals surface area contributed by atoms with Crippen LogP contribution in [-0.4, -0.2) is 30.2 Å². The molecule has 0 amide bonds. The molecular weight excluding hydrogens is 393 g/mol. The third-order valence-electron chi connectivity index (χ3n) is 3.97. The molecule has 0 spiro atoms. The van der Waals surface area contributed by atoms with Crippen LogP contribution in [0.3, 0.4) is 0 Å². The van der Waals surface area contributed by atoms with Gasteiger partial charge in [0, 0.05) is 0 Å². The van der Waals surface area contributed by atoms with Crippen LogP contribution in [0.15, 0.2) is 50.2 Å². The van der Waals surface area contributed by atoms with Crippen molar-refractivity contribution >= 4 is 56.3 Å². The third kappa shape index (κ3) is 3.15. The Balaban J connectivity index is 2.67. The summed E-state index contributed by atoms with van der Waals surface area (Å²) in [5, 5.41) is -1.26. The molecule has 1 aromatic carbocycles. The molecule has 1 aliphatic rings. The molecule has 130 valence electrons. The maximum Gasteiger partial charge on any atom is 0.282 e. The fourth-order valence-corrected chi connectivity index (χ4v) is 4.63. The first-order chi connectivity index (χ1) is 11.0. The Morgan fingerprint density at radius 2 is 1.75 bits per heavy atom. The van der Waals surface area contributed by atoms with E-state index in [0.29, 0.717) is 0 Å². The molecule has 0 aromatic heterocycles. The molecule has 0 saturated heterocycles. The lowest BCUT2D eigenvalue weighted by Crippen LogP contribution is -2.53. The number of carbonyl (C=O) groups excluding carboxylic acids is 1. The average molecular weight is 409 g/mol. The smallest absolute Gasteiger partial charge is 0.282 e. The van der Waals surface area contributed by atoms with Crippen LogP contribution < -0.4 is 0 Å². The summed E-state index contributed by atoms with van der Waals surface area (Å²) in [6.45, 7) is 4.94. The largest absolute Gasteiger partial charge is 0.291 e. The lowest BCUT2D eigenvalue weighted by atomic mass is 9.79. The lowest BCUT2D eigenvalue weighted by Gasteiger charge is -2.38. The summed E-state index contributed by atoms with van der Waals surface area (Å²) < 4.78 is 28.9. The second-order valence-corrected chi connectivity index (χ2v) is 8.86. The lowest BCUT2D eigenvalue weighted by molar-refractivity contribution is -0.118. The summed E-state index contributed by atoms with van der Waals surface area (Å²) in [5.41, 5.74) is 0.215. The Labute approximate surface area is 156 Å². The molecule has 2 atom stereocenters. The number of benzene rings is 1. The van der Waals surface area contributed by atoms with Crippen LogP contribution in [0.4, 0.5) is 0 Å². The first kappa shape index (κ1) is 19.4. The predicted molar refractivity (Wildman–Crippen MR) is 97.7 cm³/mol. The zero-order chi connectivity index (χ0) is 18.3. The number of rotatable bonds is 3. The van der Waals surface area contributed by atoms with Gasteiger partial charge >= 0.3 is 0 Å². The Hall–Kier alpha value is -0.880. The van der Waals surface area contributed by atoms with Gasteiger partial charge in [0.2, 0.25) is 0 Å². The highest BCUT2D eigenvalue weighted by molar-refractivity contribution is 7.90. The predicted octanol–water partition coefficient (Wildman–Crippen LogP) is 4.15. The third-order valence-corrected chi connectivity index (χ3v) is 7.22. The van der Waals surface area contributed by atoms with E-state index in [9.17, 15) is 13.2 Å². The van der Waals surface area contributed by atoms with Crippen LogP contribution in [0.25, 0.3) is 0 Å². The van der Waals surface area contributed by atoms with Gasteiger partial charge in [0.15, 0.2) is 5.78 Å². The molecule has 0 bridgehead atoms. The first-order valence-electron chi connectivity index (χ1n) is 7.18. The van der Waals surface area contributed by atoms with Crippen molar-refractivity contribution in [3.05, 3.63) is 40.9 Å². The van der Waals surface area contributed by atoms with Crippen LogP contribution in [-0.2, 0) is 14.8 Å². The van der Waals surface area contributed by atoms with Gasteiger partial charge in [-0.05, 0) is 30.5 Å². The SMILES string of the molecule is CC1=C(Cl)C(=O)C(Cl)(C(C)C)C(Cl)C1=NS(=O)(=O)c1ccccc1. The highest BCUT2D eigenvalue weighted by atomic mass is 35.5. The Morgan fingerprint density at radius 3 is 2.25 bits per heavy atom. The monoisotopic (exact) mass is 407 g/mol. The maximum absolute atomic E-state index is 12.5. The summed E-state index contributed by atoms with van der Waals surface area (Å²) in [5.74, 6) is -0.893. The van der Waals surface area contributed by atoms with E-state index in [2.05, 4.69) is 4.40 Å². The van der Waals surface area contributed by atoms with Crippen LogP contribution in [0.5, 0.6) is 0 Å². The number of alkyl halides is 2. The van der Waals surface area contributed by atoms with Crippen molar-refractivity contribution in [2.75, 3.05) is 0 Å². The van der Waals surface area contributed by atoms with Crippen LogP contribution in [0, 0.1) is 5.92 Å². The number of ketones is 1. The van der Waals surface area contributed by atoms with E-state index in [4.69, 9.17) is 34.8 Å². The molecule has 0 aliphatic heterocycles. The summed E-state index contributed by atoms with van der Waals surface area (Å²) in [6.07, 6.45) is 0. The van der Waals surface area contributed by atoms with Gasteiger partial charge in [0.1, 0.15) is 10.3 Å². The fraction of sp³-hybridized carbons (Fsp3) is 0.375. The van der Waals surface area contributed by atoms with Crippen molar-refractivity contribution in [3.63, 3.8) is 0 Å². The molecule has 0 fully saturated rings. The van der Waals surface area contributed by atoms with Gasteiger partial charge in [-0.3, -0.25) is 4.79 Å². The van der Waals surface area contributed by atoms with Crippen molar-refractivity contribution in [2.24, 2.45) is 10.3 Å². The van der Waals surface area contributed by atoms with E-state index in [1.165, 1.54) is 19.1 Å². The molecule has 24 heavy (non-hydrogen) atoms. The molecule has 0 radical (unpaired) electrons. The molecule has 0 N–H and O–H groups in total. The van der Waals surface area contributed by atoms with E-state index in [1.807, 2.05) is 0 Å². The second-order valence-electron chi connectivity index (χ2n) is 5.82. The van der Waals surface area contributed by atoms with E-state index in [0.717, 1.165) is 0 Å². The molecule has 4 nitrogen and oxygen atoms in total. The highest BCUT2D eigenvalue weighted by Gasteiger charge is 2.53. The number of allylic oxidation sites excluding steroid dienone is 2. The van der Waals surface area contributed by atoms with Crippen molar-refractivity contribution in [1.82, 2.24) is 0 Å². The number of nitrogens with zero attached hydrogens (tertiary/aromatic N) is 1. The quantitative estimate of drug-likeness (QED) is 0.706. The van der Waals surface area contributed by atoms with E-state index >= 15 is 0 Å². The van der Waals surface area contributed by atoms with E-state index < -0.39 is 26.1 Å². The van der Waals surface area contributed by atoms with Crippen LogP contribution >= 0.6 is 34.8 Å². The zero-order valence-electron chi connectivity index (χ0n) is 13.3. The minimum Gasteiger partial charge on any atom is -0.291 e. The number of sulfonamides is 1. The van der Waals surface area contributed by atoms with Gasteiger partial charge in [0.25, 0.3) is 10.0 Å². The van der Waals surface area contributed by atoms with Gasteiger partial charge < -0.3 is 0 Å². The van der Waals surface area contributed by atoms with Gasteiger partial charge in [-0.1, -0.05) is 43.6 Å². The van der Waals surface area contributed by atoms with Gasteiger partial charge in [-0.15, -0.1) is 23.2 Å². The van der Waals surface area contributed by atoms with Crippen molar-refractivity contribution < 1.29 is 13.2 Å². The minimum absolute atomic E-state index is 0.00572. The van der Waals surface area contributed by atoms with Crippen LogP contribution in [0.2, 0.25) is 0 Å². The number of halogens is 3. The Kier molecular flexibility index (Phi) is 5.50.